The molecule has 3 N–H and O–H groups in total. The van der Waals surface area contributed by atoms with Gasteiger partial charge in [-0.15, -0.1) is 0 Å². The molecule has 0 radical (unpaired) electrons. The van der Waals surface area contributed by atoms with Gasteiger partial charge < -0.3 is 25.4 Å². The van der Waals surface area contributed by atoms with Gasteiger partial charge in [-0.25, -0.2) is 23.4 Å². The molecule has 0 spiro atoms. The minimum Gasteiger partial charge on any atom is -0.489 e. The van der Waals surface area contributed by atoms with Crippen molar-refractivity contribution in [1.29, 1.82) is 0 Å². The zero-order valence-electron chi connectivity index (χ0n) is 26.4. The Morgan fingerprint density at radius 3 is 2.67 bits per heavy atom. The topological polar surface area (TPSA) is 153 Å². The van der Waals surface area contributed by atoms with Gasteiger partial charge in [0.25, 0.3) is 0 Å². The van der Waals surface area contributed by atoms with Gasteiger partial charge in [-0.05, 0) is 83.3 Å². The fourth-order valence-corrected chi connectivity index (χ4v) is 5.98. The van der Waals surface area contributed by atoms with E-state index in [2.05, 4.69) is 55.1 Å². The average Bonchev–Trinajstić information content (AvgIpc) is 3.55. The molecule has 1 amide bonds. The second-order valence-electron chi connectivity index (χ2n) is 13.0. The third-order valence-electron chi connectivity index (χ3n) is 7.81. The maximum Gasteiger partial charge on any atom is 0.407 e. The summed E-state index contributed by atoms with van der Waals surface area (Å²) in [4.78, 5) is 35.5. The van der Waals surface area contributed by atoms with Gasteiger partial charge in [0, 0.05) is 30.7 Å². The van der Waals surface area contributed by atoms with E-state index in [-0.39, 0.29) is 53.6 Å². The van der Waals surface area contributed by atoms with Crippen LogP contribution >= 0.6 is 0 Å². The molecule has 14 nitrogen and oxygen atoms in total. The summed E-state index contributed by atoms with van der Waals surface area (Å²) >= 11 is 0. The third kappa shape index (κ3) is 7.49. The molecule has 244 valence electrons. The Hall–Kier alpha value is -4.34. The summed E-state index contributed by atoms with van der Waals surface area (Å²) in [7, 11) is 1.42. The fraction of sp³-hybridized carbons (Fsp3) is 0.586. The van der Waals surface area contributed by atoms with Gasteiger partial charge in [0.05, 0.1) is 18.4 Å². The lowest BCUT2D eigenvalue weighted by Gasteiger charge is -2.47. The van der Waals surface area contributed by atoms with Crippen LogP contribution in [0.2, 0.25) is 0 Å². The molecule has 0 bridgehead atoms. The summed E-state index contributed by atoms with van der Waals surface area (Å²) in [6.07, 6.45) is 4.33. The highest BCUT2D eigenvalue weighted by molar-refractivity contribution is 5.67. The van der Waals surface area contributed by atoms with E-state index in [9.17, 15) is 14.0 Å². The van der Waals surface area contributed by atoms with E-state index >= 15 is 4.39 Å². The predicted molar refractivity (Wildman–Crippen MR) is 162 cm³/mol. The summed E-state index contributed by atoms with van der Waals surface area (Å²) < 4.78 is 43.1. The summed E-state index contributed by atoms with van der Waals surface area (Å²) in [5.74, 6) is -1.45. The van der Waals surface area contributed by atoms with Crippen LogP contribution in [-0.4, -0.2) is 83.7 Å². The first-order valence-electron chi connectivity index (χ1n) is 15.0. The Bertz CT molecular complexity index is 1600. The van der Waals surface area contributed by atoms with Crippen molar-refractivity contribution >= 4 is 23.5 Å². The molecule has 5 rings (SSSR count). The smallest absolute Gasteiger partial charge is 0.407 e. The van der Waals surface area contributed by atoms with Crippen LogP contribution < -0.4 is 26.4 Å². The number of alkyl carbamates (subject to hydrolysis) is 1. The van der Waals surface area contributed by atoms with Crippen LogP contribution in [0.25, 0.3) is 5.69 Å². The highest BCUT2D eigenvalue weighted by Gasteiger charge is 2.43. The van der Waals surface area contributed by atoms with Crippen LogP contribution in [0.15, 0.2) is 23.1 Å². The maximum atomic E-state index is 15.4. The first-order valence-corrected chi connectivity index (χ1v) is 15.0. The van der Waals surface area contributed by atoms with Crippen molar-refractivity contribution in [2.45, 2.75) is 83.5 Å². The SMILES string of the molecule is Cn1nnn(-c2cc(Nc3ncc(F)c(NC4CC5CCCN5C(C)(C)C4)n3)c(F)cc2OCCNC(=O)OC(C)(C)C)c1=O. The van der Waals surface area contributed by atoms with Gasteiger partial charge in [0.15, 0.2) is 17.5 Å². The molecule has 3 aromatic rings. The van der Waals surface area contributed by atoms with Gasteiger partial charge in [0.2, 0.25) is 5.95 Å². The van der Waals surface area contributed by atoms with Crippen molar-refractivity contribution in [3.8, 4) is 11.4 Å². The van der Waals surface area contributed by atoms with Crippen LogP contribution in [0.5, 0.6) is 5.75 Å². The summed E-state index contributed by atoms with van der Waals surface area (Å²) in [5.41, 5.74) is -1.35. The quantitative estimate of drug-likeness (QED) is 0.298. The van der Waals surface area contributed by atoms with Crippen LogP contribution in [0, 0.1) is 11.6 Å². The number of ether oxygens (including phenoxy) is 2. The lowest BCUT2D eigenvalue weighted by molar-refractivity contribution is 0.0499. The summed E-state index contributed by atoms with van der Waals surface area (Å²) in [5, 5.41) is 16.2. The zero-order valence-corrected chi connectivity index (χ0v) is 26.4. The Morgan fingerprint density at radius 2 is 1.96 bits per heavy atom. The number of piperidine rings is 1. The van der Waals surface area contributed by atoms with E-state index in [1.165, 1.54) is 13.1 Å². The molecule has 1 aromatic carbocycles. The number of fused-ring (bicyclic) bond motifs is 1. The van der Waals surface area contributed by atoms with Crippen LogP contribution in [0.1, 0.15) is 60.3 Å². The molecule has 16 heteroatoms. The van der Waals surface area contributed by atoms with Crippen molar-refractivity contribution in [2.75, 3.05) is 30.3 Å². The molecule has 2 fully saturated rings. The molecule has 0 aliphatic carbocycles. The Labute approximate surface area is 259 Å². The first-order chi connectivity index (χ1) is 21.2. The normalized spacial score (nSPS) is 19.6. The molecule has 2 saturated heterocycles. The number of aromatic nitrogens is 6. The van der Waals surface area contributed by atoms with Gasteiger partial charge in [-0.3, -0.25) is 4.90 Å². The molecule has 2 atom stereocenters. The number of anilines is 3. The largest absolute Gasteiger partial charge is 0.489 e. The monoisotopic (exact) mass is 630 g/mol. The molecular formula is C29H40F2N10O4. The van der Waals surface area contributed by atoms with Crippen molar-refractivity contribution < 1.29 is 23.0 Å². The highest BCUT2D eigenvalue weighted by Crippen LogP contribution is 2.38. The van der Waals surface area contributed by atoms with Crippen LogP contribution in [0.3, 0.4) is 0 Å². The molecule has 0 saturated carbocycles. The average molecular weight is 631 g/mol. The second-order valence-corrected chi connectivity index (χ2v) is 13.0. The molecule has 2 aliphatic rings. The van der Waals surface area contributed by atoms with Crippen molar-refractivity contribution in [2.24, 2.45) is 7.05 Å². The fourth-order valence-electron chi connectivity index (χ4n) is 5.98. The Morgan fingerprint density at radius 1 is 1.18 bits per heavy atom. The number of carbonyl (C=O) groups is 1. The van der Waals surface area contributed by atoms with Crippen LogP contribution in [0.4, 0.5) is 31.0 Å². The minimum absolute atomic E-state index is 0.00436. The van der Waals surface area contributed by atoms with E-state index < -0.39 is 29.0 Å². The first kappa shape index (κ1) is 32.1. The zero-order chi connectivity index (χ0) is 32.5. The maximum absolute atomic E-state index is 15.4. The van der Waals surface area contributed by atoms with Gasteiger partial charge in [0.1, 0.15) is 23.6 Å². The number of nitrogens with zero attached hydrogens (tertiary/aromatic N) is 7. The highest BCUT2D eigenvalue weighted by atomic mass is 19.1. The number of halogens is 2. The molecule has 45 heavy (non-hydrogen) atoms. The number of aryl methyl sites for hydroxylation is 1. The number of tetrazole rings is 1. The van der Waals surface area contributed by atoms with Gasteiger partial charge >= 0.3 is 11.8 Å². The van der Waals surface area contributed by atoms with Crippen molar-refractivity contribution in [3.63, 3.8) is 0 Å². The molecule has 4 heterocycles. The molecule has 2 aromatic heterocycles. The number of hydrogen-bond acceptors (Lipinski definition) is 11. The number of benzene rings is 1. The number of nitrogens with one attached hydrogen (secondary N) is 3. The number of amides is 1. The van der Waals surface area contributed by atoms with Crippen molar-refractivity contribution in [1.82, 2.24) is 40.0 Å². The van der Waals surface area contributed by atoms with E-state index in [1.807, 2.05) is 0 Å². The van der Waals surface area contributed by atoms with Gasteiger partial charge in [-0.2, -0.15) is 14.3 Å². The molecular weight excluding hydrogens is 590 g/mol. The lowest BCUT2D eigenvalue weighted by Crippen LogP contribution is -2.55. The second kappa shape index (κ2) is 12.6. The number of rotatable bonds is 9. The summed E-state index contributed by atoms with van der Waals surface area (Å²) in [6, 6.07) is 2.79. The van der Waals surface area contributed by atoms with E-state index in [0.29, 0.717) is 6.04 Å². The van der Waals surface area contributed by atoms with E-state index in [0.717, 1.165) is 53.9 Å². The Balaban J connectivity index is 1.34. The van der Waals surface area contributed by atoms with Gasteiger partial charge in [-0.1, -0.05) is 0 Å². The Kier molecular flexibility index (Phi) is 8.96. The number of carbonyl (C=O) groups excluding carboxylic acids is 1. The van der Waals surface area contributed by atoms with E-state index in [1.54, 1.807) is 20.8 Å². The van der Waals surface area contributed by atoms with Crippen LogP contribution in [-0.2, 0) is 11.8 Å². The standard InChI is InChI=1S/C29H40F2N10O4/c1-28(2,3)45-26(42)32-9-11-44-23-13-19(30)21(14-22(23)41-27(43)39(6)37-38-41)35-25-33-16-20(31)24(36-25)34-17-12-18-8-7-10-40(18)29(4,5)15-17/h13-14,16-18H,7-12,15H2,1-6H3,(H,32,42)(H2,33,34,35,36). The molecule has 2 unspecified atom stereocenters. The number of hydrogen-bond donors (Lipinski definition) is 3. The van der Waals surface area contributed by atoms with E-state index in [4.69, 9.17) is 9.47 Å². The predicted octanol–water partition coefficient (Wildman–Crippen LogP) is 3.50. The lowest BCUT2D eigenvalue weighted by atomic mass is 9.84. The summed E-state index contributed by atoms with van der Waals surface area (Å²) in [6.45, 7) is 10.7. The molecule has 2 aliphatic heterocycles. The minimum atomic E-state index is -0.761. The van der Waals surface area contributed by atoms with Crippen molar-refractivity contribution in [3.05, 3.63) is 40.4 Å². The third-order valence-corrected chi connectivity index (χ3v) is 7.81.